The topological polar surface area (TPSA) is 65.5 Å². The summed E-state index contributed by atoms with van der Waals surface area (Å²) in [6.07, 6.45) is 6.45. The van der Waals surface area contributed by atoms with Gasteiger partial charge in [0, 0.05) is 25.0 Å². The smallest absolute Gasteiger partial charge is 0.222 e. The SMILES string of the molecule is CCNC(=NCCC(=O)NC(C)CC)NC1CCCC1.I. The van der Waals surface area contributed by atoms with Crippen molar-refractivity contribution in [2.45, 2.75) is 71.4 Å². The highest BCUT2D eigenvalue weighted by Crippen LogP contribution is 2.17. The first kappa shape index (κ1) is 20.5. The van der Waals surface area contributed by atoms with E-state index in [0.717, 1.165) is 18.9 Å². The van der Waals surface area contributed by atoms with Gasteiger partial charge >= 0.3 is 0 Å². The van der Waals surface area contributed by atoms with Gasteiger partial charge in [-0.05, 0) is 33.1 Å². The van der Waals surface area contributed by atoms with Crippen LogP contribution in [0.2, 0.25) is 0 Å². The van der Waals surface area contributed by atoms with Crippen molar-refractivity contribution in [1.82, 2.24) is 16.0 Å². The van der Waals surface area contributed by atoms with Crippen molar-refractivity contribution < 1.29 is 4.79 Å². The molecule has 0 heterocycles. The molecule has 1 atom stereocenters. The molecule has 0 bridgehead atoms. The minimum absolute atomic E-state index is 0. The quantitative estimate of drug-likeness (QED) is 0.343. The lowest BCUT2D eigenvalue weighted by atomic mass is 10.2. The Balaban J connectivity index is 0.00000400. The number of rotatable bonds is 7. The van der Waals surface area contributed by atoms with E-state index < -0.39 is 0 Å². The summed E-state index contributed by atoms with van der Waals surface area (Å²) in [6, 6.07) is 0.790. The molecule has 3 N–H and O–H groups in total. The zero-order valence-corrected chi connectivity index (χ0v) is 15.9. The Labute approximate surface area is 146 Å². The molecule has 0 aromatic heterocycles. The Morgan fingerprint density at radius 1 is 1.29 bits per heavy atom. The number of carbonyl (C=O) groups is 1. The van der Waals surface area contributed by atoms with Crippen LogP contribution in [0.15, 0.2) is 4.99 Å². The van der Waals surface area contributed by atoms with Crippen LogP contribution in [0.1, 0.15) is 59.3 Å². The van der Waals surface area contributed by atoms with Crippen molar-refractivity contribution in [2.75, 3.05) is 13.1 Å². The minimum atomic E-state index is 0. The molecule has 1 amide bonds. The number of hydrogen-bond donors (Lipinski definition) is 3. The fraction of sp³-hybridized carbons (Fsp3) is 0.867. The number of aliphatic imine (C=N–C) groups is 1. The number of amides is 1. The minimum Gasteiger partial charge on any atom is -0.357 e. The van der Waals surface area contributed by atoms with E-state index >= 15 is 0 Å². The van der Waals surface area contributed by atoms with Crippen LogP contribution >= 0.6 is 24.0 Å². The second kappa shape index (κ2) is 12.1. The lowest BCUT2D eigenvalue weighted by Gasteiger charge is -2.16. The van der Waals surface area contributed by atoms with E-state index in [1.54, 1.807) is 0 Å². The van der Waals surface area contributed by atoms with Gasteiger partial charge in [-0.3, -0.25) is 9.79 Å². The summed E-state index contributed by atoms with van der Waals surface area (Å²) < 4.78 is 0. The van der Waals surface area contributed by atoms with Gasteiger partial charge < -0.3 is 16.0 Å². The fourth-order valence-corrected chi connectivity index (χ4v) is 2.30. The maximum Gasteiger partial charge on any atom is 0.222 e. The molecule has 1 fully saturated rings. The number of carbonyl (C=O) groups excluding carboxylic acids is 1. The molecule has 0 saturated heterocycles. The zero-order valence-electron chi connectivity index (χ0n) is 13.6. The highest BCUT2D eigenvalue weighted by atomic mass is 127. The maximum absolute atomic E-state index is 11.7. The number of guanidine groups is 1. The van der Waals surface area contributed by atoms with Crippen molar-refractivity contribution in [3.05, 3.63) is 0 Å². The van der Waals surface area contributed by atoms with E-state index in [1.165, 1.54) is 25.7 Å². The average Bonchev–Trinajstić information content (AvgIpc) is 2.91. The van der Waals surface area contributed by atoms with Crippen molar-refractivity contribution in [2.24, 2.45) is 4.99 Å². The summed E-state index contributed by atoms with van der Waals surface area (Å²) in [7, 11) is 0. The first-order chi connectivity index (χ1) is 9.65. The number of hydrogen-bond acceptors (Lipinski definition) is 2. The molecule has 5 nitrogen and oxygen atoms in total. The maximum atomic E-state index is 11.7. The van der Waals surface area contributed by atoms with Crippen molar-refractivity contribution >= 4 is 35.8 Å². The highest BCUT2D eigenvalue weighted by Gasteiger charge is 2.15. The molecule has 1 unspecified atom stereocenters. The summed E-state index contributed by atoms with van der Waals surface area (Å²) in [4.78, 5) is 16.2. The number of halogens is 1. The molecule has 6 heteroatoms. The molecule has 0 radical (unpaired) electrons. The van der Waals surface area contributed by atoms with Gasteiger partial charge in [0.1, 0.15) is 0 Å². The third-order valence-electron chi connectivity index (χ3n) is 3.67. The molecule has 0 aromatic rings. The van der Waals surface area contributed by atoms with Crippen LogP contribution in [0.25, 0.3) is 0 Å². The molecule has 1 aliphatic rings. The van der Waals surface area contributed by atoms with Gasteiger partial charge in [0.2, 0.25) is 5.91 Å². The summed E-state index contributed by atoms with van der Waals surface area (Å²) >= 11 is 0. The van der Waals surface area contributed by atoms with Gasteiger partial charge in [-0.1, -0.05) is 19.8 Å². The highest BCUT2D eigenvalue weighted by molar-refractivity contribution is 14.0. The summed E-state index contributed by atoms with van der Waals surface area (Å²) in [6.45, 7) is 7.52. The van der Waals surface area contributed by atoms with Crippen LogP contribution in [0, 0.1) is 0 Å². The normalized spacial score (nSPS) is 17.0. The predicted octanol–water partition coefficient (Wildman–Crippen LogP) is 2.41. The van der Waals surface area contributed by atoms with Crippen LogP contribution in [-0.2, 0) is 4.79 Å². The summed E-state index contributed by atoms with van der Waals surface area (Å²) in [5.41, 5.74) is 0. The first-order valence-electron chi connectivity index (χ1n) is 7.99. The monoisotopic (exact) mass is 410 g/mol. The van der Waals surface area contributed by atoms with Crippen molar-refractivity contribution in [1.29, 1.82) is 0 Å². The van der Waals surface area contributed by atoms with E-state index in [2.05, 4.69) is 34.8 Å². The summed E-state index contributed by atoms with van der Waals surface area (Å²) in [5, 5.41) is 9.65. The largest absolute Gasteiger partial charge is 0.357 e. The van der Waals surface area contributed by atoms with E-state index in [1.807, 2.05) is 6.92 Å². The Hall–Kier alpha value is -0.530. The molecule has 1 saturated carbocycles. The molecule has 1 aliphatic carbocycles. The van der Waals surface area contributed by atoms with Gasteiger partial charge in [0.25, 0.3) is 0 Å². The van der Waals surface area contributed by atoms with Gasteiger partial charge in [-0.2, -0.15) is 0 Å². The molecule has 0 aliphatic heterocycles. The van der Waals surface area contributed by atoms with E-state index in [-0.39, 0.29) is 35.9 Å². The molecule has 1 rings (SSSR count). The zero-order chi connectivity index (χ0) is 14.8. The summed E-state index contributed by atoms with van der Waals surface area (Å²) in [5.74, 6) is 0.926. The average molecular weight is 410 g/mol. The Morgan fingerprint density at radius 2 is 1.95 bits per heavy atom. The molecule has 21 heavy (non-hydrogen) atoms. The van der Waals surface area contributed by atoms with Crippen molar-refractivity contribution in [3.8, 4) is 0 Å². The van der Waals surface area contributed by atoms with Crippen molar-refractivity contribution in [3.63, 3.8) is 0 Å². The van der Waals surface area contributed by atoms with Gasteiger partial charge in [-0.15, -0.1) is 24.0 Å². The standard InChI is InChI=1S/C15H30N4O.HI/c1-4-12(3)18-14(20)10-11-17-15(16-5-2)19-13-8-6-7-9-13;/h12-13H,4-11H2,1-3H3,(H,18,20)(H2,16,17,19);1H. The van der Waals surface area contributed by atoms with Gasteiger partial charge in [0.15, 0.2) is 5.96 Å². The third-order valence-corrected chi connectivity index (χ3v) is 3.67. The number of nitrogens with one attached hydrogen (secondary N) is 3. The Bertz CT molecular complexity index is 317. The Kier molecular flexibility index (Phi) is 11.8. The molecular formula is C15H31IN4O. The fourth-order valence-electron chi connectivity index (χ4n) is 2.30. The molecule has 0 aromatic carbocycles. The van der Waals surface area contributed by atoms with Crippen LogP contribution in [0.3, 0.4) is 0 Å². The lowest BCUT2D eigenvalue weighted by molar-refractivity contribution is -0.121. The van der Waals surface area contributed by atoms with Gasteiger partial charge in [-0.25, -0.2) is 0 Å². The second-order valence-electron chi connectivity index (χ2n) is 5.51. The first-order valence-corrected chi connectivity index (χ1v) is 7.99. The molecular weight excluding hydrogens is 379 g/mol. The predicted molar refractivity (Wildman–Crippen MR) is 99.3 cm³/mol. The molecule has 0 spiro atoms. The van der Waals surface area contributed by atoms with Crippen LogP contribution < -0.4 is 16.0 Å². The second-order valence-corrected chi connectivity index (χ2v) is 5.51. The molecule has 124 valence electrons. The third kappa shape index (κ3) is 9.16. The number of nitrogens with zero attached hydrogens (tertiary/aromatic N) is 1. The van der Waals surface area contributed by atoms with E-state index in [0.29, 0.717) is 19.0 Å². The van der Waals surface area contributed by atoms with Crippen LogP contribution in [0.5, 0.6) is 0 Å². The van der Waals surface area contributed by atoms with Crippen LogP contribution in [0.4, 0.5) is 0 Å². The lowest BCUT2D eigenvalue weighted by Crippen LogP contribution is -2.42. The van der Waals surface area contributed by atoms with E-state index in [9.17, 15) is 4.79 Å². The van der Waals surface area contributed by atoms with Gasteiger partial charge in [0.05, 0.1) is 6.54 Å². The Morgan fingerprint density at radius 3 is 2.52 bits per heavy atom. The van der Waals surface area contributed by atoms with Crippen LogP contribution in [-0.4, -0.2) is 37.0 Å². The van der Waals surface area contributed by atoms with E-state index in [4.69, 9.17) is 0 Å².